The van der Waals surface area contributed by atoms with Crippen LogP contribution in [0.4, 0.5) is 4.39 Å². The third kappa shape index (κ3) is 2.84. The van der Waals surface area contributed by atoms with Crippen LogP contribution in [0.25, 0.3) is 0 Å². The van der Waals surface area contributed by atoms with Gasteiger partial charge in [-0.3, -0.25) is 0 Å². The Labute approximate surface area is 98.9 Å². The number of hydrogen-bond acceptors (Lipinski definition) is 0. The summed E-state index contributed by atoms with van der Waals surface area (Å²) < 4.78 is 13.5. The third-order valence-electron chi connectivity index (χ3n) is 3.85. The van der Waals surface area contributed by atoms with Crippen LogP contribution in [0.5, 0.6) is 0 Å². The quantitative estimate of drug-likeness (QED) is 0.584. The van der Waals surface area contributed by atoms with Gasteiger partial charge in [-0.15, -0.1) is 0 Å². The lowest BCUT2D eigenvalue weighted by atomic mass is 9.88. The predicted molar refractivity (Wildman–Crippen MR) is 68.8 cm³/mol. The second-order valence-electron chi connectivity index (χ2n) is 5.22. The molecule has 0 bridgehead atoms. The van der Waals surface area contributed by atoms with Crippen molar-refractivity contribution >= 4 is 0 Å². The fraction of sp³-hybridized carbons (Fsp3) is 0.600. The molecule has 0 amide bonds. The Kier molecular flexibility index (Phi) is 4.52. The highest BCUT2D eigenvalue weighted by atomic mass is 19.1. The van der Waals surface area contributed by atoms with Crippen LogP contribution in [-0.2, 0) is 0 Å². The van der Waals surface area contributed by atoms with Gasteiger partial charge >= 0.3 is 0 Å². The van der Waals surface area contributed by atoms with E-state index in [-0.39, 0.29) is 5.83 Å². The molecule has 0 aromatic rings. The first-order valence-corrected chi connectivity index (χ1v) is 6.15. The normalized spacial score (nSPS) is 26.8. The number of rotatable bonds is 4. The lowest BCUT2D eigenvalue weighted by molar-refractivity contribution is 0.385. The lowest BCUT2D eigenvalue weighted by Crippen LogP contribution is -2.06. The Morgan fingerprint density at radius 2 is 2.00 bits per heavy atom. The standard InChI is InChI=1S/C15H23F/c1-6-11(4)15(12(5)16)14-8-7-13(9-14)10(2)3/h6,10,13-14H,1,5,7-9H2,2-4H3/b15-11+. The maximum Gasteiger partial charge on any atom is 0.119 e. The van der Waals surface area contributed by atoms with Crippen LogP contribution in [0, 0.1) is 17.8 Å². The van der Waals surface area contributed by atoms with E-state index in [0.717, 1.165) is 29.9 Å². The number of halogens is 1. The molecular weight excluding hydrogens is 199 g/mol. The van der Waals surface area contributed by atoms with Gasteiger partial charge in [-0.05, 0) is 55.1 Å². The maximum atomic E-state index is 13.5. The van der Waals surface area contributed by atoms with Crippen molar-refractivity contribution in [3.05, 3.63) is 36.2 Å². The van der Waals surface area contributed by atoms with Crippen molar-refractivity contribution in [2.45, 2.75) is 40.0 Å². The second-order valence-corrected chi connectivity index (χ2v) is 5.22. The van der Waals surface area contributed by atoms with Crippen LogP contribution in [0.15, 0.2) is 36.2 Å². The largest absolute Gasteiger partial charge is 0.207 e. The minimum Gasteiger partial charge on any atom is -0.207 e. The van der Waals surface area contributed by atoms with Crippen molar-refractivity contribution in [2.24, 2.45) is 17.8 Å². The molecular formula is C15H23F. The first-order chi connectivity index (χ1) is 7.47. The molecule has 1 rings (SSSR count). The summed E-state index contributed by atoms with van der Waals surface area (Å²) in [5.74, 6) is 1.51. The Hall–Kier alpha value is -0.850. The monoisotopic (exact) mass is 222 g/mol. The highest BCUT2D eigenvalue weighted by Crippen LogP contribution is 2.42. The van der Waals surface area contributed by atoms with Gasteiger partial charge in [0.25, 0.3) is 0 Å². The van der Waals surface area contributed by atoms with Crippen molar-refractivity contribution in [2.75, 3.05) is 0 Å². The average molecular weight is 222 g/mol. The molecule has 0 aromatic heterocycles. The highest BCUT2D eigenvalue weighted by molar-refractivity contribution is 5.36. The SMILES string of the molecule is C=C/C(C)=C(\C(=C)F)C1CCC(C(C)C)C1. The lowest BCUT2D eigenvalue weighted by Gasteiger charge is -2.17. The summed E-state index contributed by atoms with van der Waals surface area (Å²) in [5.41, 5.74) is 1.75. The van der Waals surface area contributed by atoms with Crippen LogP contribution < -0.4 is 0 Å². The van der Waals surface area contributed by atoms with E-state index in [1.165, 1.54) is 6.42 Å². The maximum absolute atomic E-state index is 13.5. The van der Waals surface area contributed by atoms with E-state index in [1.807, 2.05) is 6.92 Å². The van der Waals surface area contributed by atoms with Crippen molar-refractivity contribution in [3.63, 3.8) is 0 Å². The summed E-state index contributed by atoms with van der Waals surface area (Å²) in [4.78, 5) is 0. The summed E-state index contributed by atoms with van der Waals surface area (Å²) in [5, 5.41) is 0. The molecule has 0 spiro atoms. The van der Waals surface area contributed by atoms with Crippen molar-refractivity contribution in [3.8, 4) is 0 Å². The van der Waals surface area contributed by atoms with Crippen LogP contribution >= 0.6 is 0 Å². The van der Waals surface area contributed by atoms with Gasteiger partial charge in [-0.2, -0.15) is 0 Å². The molecule has 0 radical (unpaired) electrons. The molecule has 90 valence electrons. The van der Waals surface area contributed by atoms with E-state index in [0.29, 0.717) is 11.8 Å². The molecule has 0 aromatic carbocycles. The second kappa shape index (κ2) is 5.47. The summed E-state index contributed by atoms with van der Waals surface area (Å²) in [7, 11) is 0. The minimum atomic E-state index is -0.271. The van der Waals surface area contributed by atoms with Gasteiger partial charge in [-0.1, -0.05) is 33.1 Å². The molecule has 0 aliphatic heterocycles. The zero-order valence-corrected chi connectivity index (χ0v) is 10.7. The highest BCUT2D eigenvalue weighted by Gasteiger charge is 2.30. The van der Waals surface area contributed by atoms with E-state index >= 15 is 0 Å². The van der Waals surface area contributed by atoms with Gasteiger partial charge in [0, 0.05) is 0 Å². The van der Waals surface area contributed by atoms with E-state index in [4.69, 9.17) is 0 Å². The van der Waals surface area contributed by atoms with Gasteiger partial charge in [0.1, 0.15) is 5.83 Å². The van der Waals surface area contributed by atoms with E-state index in [1.54, 1.807) is 6.08 Å². The van der Waals surface area contributed by atoms with Gasteiger partial charge in [0.15, 0.2) is 0 Å². The first-order valence-electron chi connectivity index (χ1n) is 6.15. The Bertz CT molecular complexity index is 309. The van der Waals surface area contributed by atoms with Gasteiger partial charge in [0.2, 0.25) is 0 Å². The summed E-state index contributed by atoms with van der Waals surface area (Å²) >= 11 is 0. The van der Waals surface area contributed by atoms with Crippen LogP contribution in [0.1, 0.15) is 40.0 Å². The summed E-state index contributed by atoms with van der Waals surface area (Å²) in [6, 6.07) is 0. The topological polar surface area (TPSA) is 0 Å². The molecule has 1 fully saturated rings. The van der Waals surface area contributed by atoms with Crippen LogP contribution in [-0.4, -0.2) is 0 Å². The molecule has 2 atom stereocenters. The molecule has 1 heteroatoms. The first kappa shape index (κ1) is 13.2. The molecule has 1 aliphatic carbocycles. The van der Waals surface area contributed by atoms with E-state index in [2.05, 4.69) is 27.0 Å². The Balaban J connectivity index is 2.85. The van der Waals surface area contributed by atoms with Gasteiger partial charge in [0.05, 0.1) is 0 Å². The third-order valence-corrected chi connectivity index (χ3v) is 3.85. The molecule has 0 nitrogen and oxygen atoms in total. The molecule has 2 unspecified atom stereocenters. The van der Waals surface area contributed by atoms with Crippen molar-refractivity contribution < 1.29 is 4.39 Å². The minimum absolute atomic E-state index is 0.271. The van der Waals surface area contributed by atoms with Crippen LogP contribution in [0.2, 0.25) is 0 Å². The fourth-order valence-electron chi connectivity index (χ4n) is 2.75. The summed E-state index contributed by atoms with van der Waals surface area (Å²) in [6.45, 7) is 13.6. The molecule has 16 heavy (non-hydrogen) atoms. The van der Waals surface area contributed by atoms with Crippen LogP contribution in [0.3, 0.4) is 0 Å². The van der Waals surface area contributed by atoms with Crippen molar-refractivity contribution in [1.29, 1.82) is 0 Å². The zero-order valence-electron chi connectivity index (χ0n) is 10.7. The molecule has 0 N–H and O–H groups in total. The molecule has 0 heterocycles. The summed E-state index contributed by atoms with van der Waals surface area (Å²) in [6.07, 6.45) is 5.14. The van der Waals surface area contributed by atoms with Gasteiger partial charge in [-0.25, -0.2) is 4.39 Å². The smallest absolute Gasteiger partial charge is 0.119 e. The van der Waals surface area contributed by atoms with E-state index in [9.17, 15) is 4.39 Å². The average Bonchev–Trinajstić information content (AvgIpc) is 2.66. The Morgan fingerprint density at radius 3 is 2.38 bits per heavy atom. The van der Waals surface area contributed by atoms with Gasteiger partial charge < -0.3 is 0 Å². The predicted octanol–water partition coefficient (Wildman–Crippen LogP) is 5.04. The fourth-order valence-corrected chi connectivity index (χ4v) is 2.75. The molecule has 0 saturated heterocycles. The Morgan fingerprint density at radius 1 is 1.38 bits per heavy atom. The molecule has 1 saturated carbocycles. The zero-order chi connectivity index (χ0) is 12.3. The van der Waals surface area contributed by atoms with E-state index < -0.39 is 0 Å². The van der Waals surface area contributed by atoms with Crippen molar-refractivity contribution in [1.82, 2.24) is 0 Å². The number of hydrogen-bond donors (Lipinski definition) is 0. The number of allylic oxidation sites excluding steroid dienone is 4. The molecule has 1 aliphatic rings.